The second-order valence-corrected chi connectivity index (χ2v) is 8.19. The van der Waals surface area contributed by atoms with Crippen LogP contribution in [0.15, 0.2) is 30.3 Å². The number of carbonyl (C=O) groups excluding carboxylic acids is 2. The molecule has 25 heavy (non-hydrogen) atoms. The van der Waals surface area contributed by atoms with Gasteiger partial charge in [-0.2, -0.15) is 11.8 Å². The molecule has 1 aliphatic carbocycles. The summed E-state index contributed by atoms with van der Waals surface area (Å²) in [5.74, 6) is 2.32. The molecule has 1 heterocycles. The first-order valence-electron chi connectivity index (χ1n) is 9.42. The summed E-state index contributed by atoms with van der Waals surface area (Å²) in [5, 5.41) is 3.13. The molecule has 2 fully saturated rings. The fraction of sp³-hybridized carbons (Fsp3) is 0.600. The van der Waals surface area contributed by atoms with Gasteiger partial charge in [-0.15, -0.1) is 0 Å². The van der Waals surface area contributed by atoms with Crippen molar-refractivity contribution in [1.29, 1.82) is 0 Å². The van der Waals surface area contributed by atoms with E-state index in [0.717, 1.165) is 57.4 Å². The van der Waals surface area contributed by atoms with Gasteiger partial charge in [-0.25, -0.2) is 0 Å². The van der Waals surface area contributed by atoms with Crippen LogP contribution in [-0.2, 0) is 16.0 Å². The fourth-order valence-corrected chi connectivity index (χ4v) is 4.05. The van der Waals surface area contributed by atoms with E-state index < -0.39 is 0 Å². The van der Waals surface area contributed by atoms with Crippen LogP contribution in [0.5, 0.6) is 0 Å². The number of nitrogens with one attached hydrogen (secondary N) is 1. The summed E-state index contributed by atoms with van der Waals surface area (Å²) in [6.45, 7) is 1.59. The first kappa shape index (κ1) is 18.3. The van der Waals surface area contributed by atoms with Gasteiger partial charge >= 0.3 is 0 Å². The largest absolute Gasteiger partial charge is 0.353 e. The molecule has 0 unspecified atom stereocenters. The van der Waals surface area contributed by atoms with Gasteiger partial charge in [-0.05, 0) is 49.8 Å². The summed E-state index contributed by atoms with van der Waals surface area (Å²) in [7, 11) is 0. The standard InChI is InChI=1S/C20H28N2O2S/c23-19(15-25-14-4-7-16-5-2-1-3-6-16)21-18-10-12-22(13-11-18)20(24)17-8-9-17/h1-3,5-6,17-18H,4,7-15H2,(H,21,23). The number of hydrogen-bond donors (Lipinski definition) is 1. The SMILES string of the molecule is O=C(CSCCCc1ccccc1)NC1CCN(C(=O)C2CC2)CC1. The zero-order chi connectivity index (χ0) is 17.5. The molecule has 2 aliphatic rings. The number of aryl methyl sites for hydroxylation is 1. The van der Waals surface area contributed by atoms with Crippen molar-refractivity contribution >= 4 is 23.6 Å². The van der Waals surface area contributed by atoms with Crippen molar-refractivity contribution in [3.63, 3.8) is 0 Å². The van der Waals surface area contributed by atoms with Crippen LogP contribution in [0.3, 0.4) is 0 Å². The third kappa shape index (κ3) is 6.07. The average molecular weight is 361 g/mol. The molecule has 0 radical (unpaired) electrons. The second kappa shape index (κ2) is 9.27. The molecule has 136 valence electrons. The predicted molar refractivity (Wildman–Crippen MR) is 103 cm³/mol. The van der Waals surface area contributed by atoms with Gasteiger partial charge in [0.15, 0.2) is 0 Å². The molecule has 1 aromatic rings. The summed E-state index contributed by atoms with van der Waals surface area (Å²) < 4.78 is 0. The lowest BCUT2D eigenvalue weighted by atomic mass is 10.0. The number of rotatable bonds is 8. The molecular formula is C20H28N2O2S. The Labute approximate surface area is 154 Å². The van der Waals surface area contributed by atoms with Crippen molar-refractivity contribution < 1.29 is 9.59 Å². The Hall–Kier alpha value is -1.49. The highest BCUT2D eigenvalue weighted by molar-refractivity contribution is 7.99. The monoisotopic (exact) mass is 360 g/mol. The maximum absolute atomic E-state index is 12.1. The third-order valence-electron chi connectivity index (χ3n) is 4.93. The molecule has 0 spiro atoms. The quantitative estimate of drug-likeness (QED) is 0.725. The number of thioether (sulfide) groups is 1. The van der Waals surface area contributed by atoms with Crippen LogP contribution < -0.4 is 5.32 Å². The molecule has 1 saturated heterocycles. The molecule has 0 atom stereocenters. The van der Waals surface area contributed by atoms with Crippen molar-refractivity contribution in [1.82, 2.24) is 10.2 Å². The van der Waals surface area contributed by atoms with Crippen LogP contribution in [0.25, 0.3) is 0 Å². The normalized spacial score (nSPS) is 18.2. The molecule has 1 aliphatic heterocycles. The van der Waals surface area contributed by atoms with Crippen LogP contribution >= 0.6 is 11.8 Å². The summed E-state index contributed by atoms with van der Waals surface area (Å²) >= 11 is 1.71. The van der Waals surface area contributed by atoms with Crippen molar-refractivity contribution in [3.8, 4) is 0 Å². The Morgan fingerprint density at radius 1 is 1.08 bits per heavy atom. The van der Waals surface area contributed by atoms with Gasteiger partial charge in [0.2, 0.25) is 11.8 Å². The van der Waals surface area contributed by atoms with Gasteiger partial charge in [-0.3, -0.25) is 9.59 Å². The molecule has 3 rings (SSSR count). The van der Waals surface area contributed by atoms with Crippen molar-refractivity contribution in [2.75, 3.05) is 24.6 Å². The Balaban J connectivity index is 1.24. The maximum Gasteiger partial charge on any atom is 0.230 e. The Morgan fingerprint density at radius 2 is 1.80 bits per heavy atom. The lowest BCUT2D eigenvalue weighted by Crippen LogP contribution is -2.47. The number of nitrogens with zero attached hydrogens (tertiary/aromatic N) is 1. The molecular weight excluding hydrogens is 332 g/mol. The molecule has 1 aromatic carbocycles. The van der Waals surface area contributed by atoms with Gasteiger partial charge in [0.25, 0.3) is 0 Å². The van der Waals surface area contributed by atoms with E-state index in [1.165, 1.54) is 5.56 Å². The predicted octanol–water partition coefficient (Wildman–Crippen LogP) is 2.87. The molecule has 1 saturated carbocycles. The summed E-state index contributed by atoms with van der Waals surface area (Å²) in [6.07, 6.45) is 6.09. The second-order valence-electron chi connectivity index (χ2n) is 7.08. The van der Waals surface area contributed by atoms with E-state index in [4.69, 9.17) is 0 Å². The molecule has 0 bridgehead atoms. The highest BCUT2D eigenvalue weighted by Crippen LogP contribution is 2.31. The van der Waals surface area contributed by atoms with E-state index in [0.29, 0.717) is 17.6 Å². The van der Waals surface area contributed by atoms with Crippen LogP contribution in [0.4, 0.5) is 0 Å². The lowest BCUT2D eigenvalue weighted by Gasteiger charge is -2.32. The zero-order valence-corrected chi connectivity index (χ0v) is 15.6. The number of amides is 2. The van der Waals surface area contributed by atoms with E-state index in [2.05, 4.69) is 29.6 Å². The minimum absolute atomic E-state index is 0.136. The maximum atomic E-state index is 12.1. The average Bonchev–Trinajstić information content (AvgIpc) is 3.47. The van der Waals surface area contributed by atoms with Gasteiger partial charge in [0.1, 0.15) is 0 Å². The number of hydrogen-bond acceptors (Lipinski definition) is 3. The third-order valence-corrected chi connectivity index (χ3v) is 5.97. The molecule has 0 aromatic heterocycles. The summed E-state index contributed by atoms with van der Waals surface area (Å²) in [5.41, 5.74) is 1.36. The first-order valence-corrected chi connectivity index (χ1v) is 10.6. The smallest absolute Gasteiger partial charge is 0.230 e. The van der Waals surface area contributed by atoms with E-state index in [9.17, 15) is 9.59 Å². The van der Waals surface area contributed by atoms with Crippen molar-refractivity contribution in [3.05, 3.63) is 35.9 Å². The molecule has 1 N–H and O–H groups in total. The van der Waals surface area contributed by atoms with Gasteiger partial charge < -0.3 is 10.2 Å². The number of likely N-dealkylation sites (tertiary alicyclic amines) is 1. The number of piperidine rings is 1. The minimum atomic E-state index is 0.136. The highest BCUT2D eigenvalue weighted by atomic mass is 32.2. The van der Waals surface area contributed by atoms with E-state index in [-0.39, 0.29) is 11.9 Å². The lowest BCUT2D eigenvalue weighted by molar-refractivity contribution is -0.133. The zero-order valence-electron chi connectivity index (χ0n) is 14.8. The molecule has 4 nitrogen and oxygen atoms in total. The van der Waals surface area contributed by atoms with Crippen LogP contribution in [0, 0.1) is 5.92 Å². The Morgan fingerprint density at radius 3 is 2.48 bits per heavy atom. The van der Waals surface area contributed by atoms with E-state index >= 15 is 0 Å². The van der Waals surface area contributed by atoms with E-state index in [1.54, 1.807) is 11.8 Å². The number of carbonyl (C=O) groups is 2. The first-order chi connectivity index (χ1) is 12.2. The van der Waals surface area contributed by atoms with Gasteiger partial charge in [-0.1, -0.05) is 30.3 Å². The Bertz CT molecular complexity index is 566. The molecule has 5 heteroatoms. The van der Waals surface area contributed by atoms with Crippen LogP contribution in [-0.4, -0.2) is 47.4 Å². The van der Waals surface area contributed by atoms with E-state index in [1.807, 2.05) is 11.0 Å². The van der Waals surface area contributed by atoms with Gasteiger partial charge in [0.05, 0.1) is 5.75 Å². The topological polar surface area (TPSA) is 49.4 Å². The van der Waals surface area contributed by atoms with Gasteiger partial charge in [0, 0.05) is 25.0 Å². The summed E-state index contributed by atoms with van der Waals surface area (Å²) in [4.78, 5) is 26.1. The Kier molecular flexibility index (Phi) is 6.79. The fourth-order valence-electron chi connectivity index (χ4n) is 3.29. The van der Waals surface area contributed by atoms with Crippen molar-refractivity contribution in [2.24, 2.45) is 5.92 Å². The number of benzene rings is 1. The summed E-state index contributed by atoms with van der Waals surface area (Å²) in [6, 6.07) is 10.7. The minimum Gasteiger partial charge on any atom is -0.353 e. The van der Waals surface area contributed by atoms with Crippen LogP contribution in [0.2, 0.25) is 0 Å². The molecule has 2 amide bonds. The van der Waals surface area contributed by atoms with Crippen LogP contribution in [0.1, 0.15) is 37.7 Å². The van der Waals surface area contributed by atoms with Crippen molar-refractivity contribution in [2.45, 2.75) is 44.6 Å². The highest BCUT2D eigenvalue weighted by Gasteiger charge is 2.34.